The van der Waals surface area contributed by atoms with Crippen molar-refractivity contribution in [2.24, 2.45) is 0 Å². The molecule has 14 heteroatoms. The Balaban J connectivity index is 1.65. The van der Waals surface area contributed by atoms with Gasteiger partial charge in [-0.3, -0.25) is 9.59 Å². The maximum absolute atomic E-state index is 13.3. The van der Waals surface area contributed by atoms with Gasteiger partial charge in [0.15, 0.2) is 56.7 Å². The highest BCUT2D eigenvalue weighted by molar-refractivity contribution is 6.11. The SMILES string of the molecule is N#Cc1nc2nc3c4cc5c(cc4c(=O)n3c2nc1C#N)c(=O)n1c2nc(C#N)c(C#N)nc2nc51. The number of hydrogen-bond donors (Lipinski definition) is 0. The molecule has 0 aliphatic carbocycles. The number of imidazole rings is 2. The molecule has 6 aromatic heterocycles. The van der Waals surface area contributed by atoms with Crippen LogP contribution in [-0.4, -0.2) is 38.7 Å². The molecule has 0 spiro atoms. The van der Waals surface area contributed by atoms with Crippen molar-refractivity contribution in [3.63, 3.8) is 0 Å². The summed E-state index contributed by atoms with van der Waals surface area (Å²) in [7, 11) is 0. The number of rotatable bonds is 0. The van der Waals surface area contributed by atoms with Crippen molar-refractivity contribution < 1.29 is 0 Å². The fourth-order valence-electron chi connectivity index (χ4n) is 4.41. The Bertz CT molecular complexity index is 2290. The number of nitrogens with zero attached hydrogens (tertiary/aromatic N) is 12. The Morgan fingerprint density at radius 2 is 0.861 bits per heavy atom. The molecule has 14 nitrogen and oxygen atoms in total. The van der Waals surface area contributed by atoms with Gasteiger partial charge >= 0.3 is 0 Å². The van der Waals surface area contributed by atoms with E-state index in [2.05, 4.69) is 29.9 Å². The minimum absolute atomic E-state index is 0.0157. The van der Waals surface area contributed by atoms with Crippen LogP contribution in [0.1, 0.15) is 22.8 Å². The Hall–Kier alpha value is -6.38. The summed E-state index contributed by atoms with van der Waals surface area (Å²) in [5.41, 5.74) is -1.52. The molecule has 0 fully saturated rings. The molecule has 0 saturated carbocycles. The second-order valence-corrected chi connectivity index (χ2v) is 7.68. The maximum Gasteiger partial charge on any atom is 0.266 e. The summed E-state index contributed by atoms with van der Waals surface area (Å²) in [5.74, 6) is 0. The summed E-state index contributed by atoms with van der Waals surface area (Å²) in [4.78, 5) is 51.6. The first-order chi connectivity index (χ1) is 17.5. The van der Waals surface area contributed by atoms with E-state index in [0.717, 1.165) is 0 Å². The highest BCUT2D eigenvalue weighted by Crippen LogP contribution is 2.29. The smallest absolute Gasteiger partial charge is 0.266 e. The third-order valence-corrected chi connectivity index (χ3v) is 5.92. The number of aromatic nitrogens is 8. The van der Waals surface area contributed by atoms with Gasteiger partial charge in [0.1, 0.15) is 24.3 Å². The third kappa shape index (κ3) is 2.05. The van der Waals surface area contributed by atoms with Crippen molar-refractivity contribution in [2.45, 2.75) is 0 Å². The van der Waals surface area contributed by atoms with Crippen LogP contribution in [0.3, 0.4) is 0 Å². The van der Waals surface area contributed by atoms with Crippen LogP contribution in [0.2, 0.25) is 0 Å². The van der Waals surface area contributed by atoms with Crippen molar-refractivity contribution in [2.75, 3.05) is 0 Å². The zero-order valence-corrected chi connectivity index (χ0v) is 17.3. The van der Waals surface area contributed by atoms with Gasteiger partial charge < -0.3 is 0 Å². The maximum atomic E-state index is 13.3. The third-order valence-electron chi connectivity index (χ3n) is 5.92. The molecule has 6 heterocycles. The van der Waals surface area contributed by atoms with Gasteiger partial charge in [-0.1, -0.05) is 0 Å². The normalized spacial score (nSPS) is 11.4. The summed E-state index contributed by atoms with van der Waals surface area (Å²) < 4.78 is 2.36. The van der Waals surface area contributed by atoms with E-state index >= 15 is 0 Å². The molecular formula is C22H2N12O2. The summed E-state index contributed by atoms with van der Waals surface area (Å²) in [5, 5.41) is 38.1. The van der Waals surface area contributed by atoms with Gasteiger partial charge in [-0.15, -0.1) is 0 Å². The van der Waals surface area contributed by atoms with E-state index in [1.807, 2.05) is 0 Å². The summed E-state index contributed by atoms with van der Waals surface area (Å²) >= 11 is 0. The standard InChI is InChI=1S/C22H2N12O2/c23-3-11-13(5-25)29-19-15(27-11)31-17-7-1-8-10(2-9(7)21(35)33(17)19)22(36)34-18(8)32-16-20(34)30-14(6-26)12(4-24)28-16/h1-2H. The van der Waals surface area contributed by atoms with E-state index in [4.69, 9.17) is 0 Å². The van der Waals surface area contributed by atoms with Gasteiger partial charge in [-0.05, 0) is 12.1 Å². The van der Waals surface area contributed by atoms with Gasteiger partial charge in [0.2, 0.25) is 0 Å². The number of benzene rings is 1. The van der Waals surface area contributed by atoms with Crippen LogP contribution >= 0.6 is 0 Å². The molecule has 1 aromatic carbocycles. The van der Waals surface area contributed by atoms with Gasteiger partial charge in [0.25, 0.3) is 11.1 Å². The fourth-order valence-corrected chi connectivity index (χ4v) is 4.41. The monoisotopic (exact) mass is 466 g/mol. The van der Waals surface area contributed by atoms with Gasteiger partial charge in [0.05, 0.1) is 10.8 Å². The van der Waals surface area contributed by atoms with Crippen LogP contribution in [0.15, 0.2) is 21.7 Å². The second-order valence-electron chi connectivity index (χ2n) is 7.68. The highest BCUT2D eigenvalue weighted by Gasteiger charge is 2.24. The van der Waals surface area contributed by atoms with Crippen LogP contribution in [-0.2, 0) is 0 Å². The molecule has 0 N–H and O–H groups in total. The van der Waals surface area contributed by atoms with Crippen molar-refractivity contribution in [3.8, 4) is 24.3 Å². The van der Waals surface area contributed by atoms with Crippen molar-refractivity contribution >= 4 is 55.4 Å². The minimum atomic E-state index is -0.527. The molecule has 0 saturated heterocycles. The predicted octanol–water partition coefficient (Wildman–Crippen LogP) is 0.258. The van der Waals surface area contributed by atoms with E-state index in [1.165, 1.54) is 14.9 Å². The molecule has 0 unspecified atom stereocenters. The van der Waals surface area contributed by atoms with Crippen LogP contribution in [0.5, 0.6) is 0 Å². The summed E-state index contributed by atoms with van der Waals surface area (Å²) in [6.07, 6.45) is 0. The lowest BCUT2D eigenvalue weighted by molar-refractivity contribution is 1.12. The van der Waals surface area contributed by atoms with Crippen LogP contribution < -0.4 is 11.1 Å². The average Bonchev–Trinajstić information content (AvgIpc) is 3.60. The van der Waals surface area contributed by atoms with Crippen molar-refractivity contribution in [3.05, 3.63) is 55.6 Å². The van der Waals surface area contributed by atoms with Crippen LogP contribution in [0.25, 0.3) is 55.4 Å². The molecule has 0 atom stereocenters. The predicted molar refractivity (Wildman–Crippen MR) is 119 cm³/mol. The molecule has 162 valence electrons. The Morgan fingerprint density at radius 3 is 1.25 bits per heavy atom. The van der Waals surface area contributed by atoms with E-state index in [9.17, 15) is 30.6 Å². The number of nitriles is 4. The lowest BCUT2D eigenvalue weighted by Crippen LogP contribution is -2.09. The Morgan fingerprint density at radius 1 is 0.500 bits per heavy atom. The fraction of sp³-hybridized carbons (Fsp3) is 0. The van der Waals surface area contributed by atoms with E-state index in [-0.39, 0.29) is 67.4 Å². The highest BCUT2D eigenvalue weighted by atomic mass is 16.1. The largest absolute Gasteiger partial charge is 0.268 e. The molecule has 0 aliphatic rings. The first-order valence-corrected chi connectivity index (χ1v) is 9.98. The second kappa shape index (κ2) is 6.14. The van der Waals surface area contributed by atoms with Crippen LogP contribution in [0, 0.1) is 45.3 Å². The van der Waals surface area contributed by atoms with Crippen molar-refractivity contribution in [1.29, 1.82) is 21.0 Å². The van der Waals surface area contributed by atoms with Gasteiger partial charge in [-0.25, -0.2) is 38.7 Å². The van der Waals surface area contributed by atoms with Gasteiger partial charge in [-0.2, -0.15) is 21.0 Å². The topological polar surface area (TPSA) is 215 Å². The average molecular weight is 466 g/mol. The molecule has 0 amide bonds. The minimum Gasteiger partial charge on any atom is -0.268 e. The summed E-state index contributed by atoms with van der Waals surface area (Å²) in [6.45, 7) is 0. The van der Waals surface area contributed by atoms with Crippen molar-refractivity contribution in [1.82, 2.24) is 38.7 Å². The number of fused-ring (bicyclic) bond motifs is 10. The van der Waals surface area contributed by atoms with Crippen LogP contribution in [0.4, 0.5) is 0 Å². The van der Waals surface area contributed by atoms with E-state index in [1.54, 1.807) is 30.3 Å². The number of hydrogen-bond acceptors (Lipinski definition) is 12. The lowest BCUT2D eigenvalue weighted by Gasteiger charge is -1.93. The van der Waals surface area contributed by atoms with E-state index in [0.29, 0.717) is 10.8 Å². The molecule has 0 radical (unpaired) electrons. The molecule has 36 heavy (non-hydrogen) atoms. The zero-order chi connectivity index (χ0) is 24.9. The lowest BCUT2D eigenvalue weighted by atomic mass is 10.1. The molecule has 0 bridgehead atoms. The molecule has 0 aliphatic heterocycles. The Labute approximate surface area is 195 Å². The Kier molecular flexibility index (Phi) is 3.26. The molecule has 7 aromatic rings. The molecular weight excluding hydrogens is 464 g/mol. The first kappa shape index (κ1) is 19.1. The van der Waals surface area contributed by atoms with Gasteiger partial charge in [0, 0.05) is 10.8 Å². The zero-order valence-electron chi connectivity index (χ0n) is 17.3. The molecule has 7 rings (SSSR count). The quantitative estimate of drug-likeness (QED) is 0.294. The first-order valence-electron chi connectivity index (χ1n) is 9.98. The summed E-state index contributed by atoms with van der Waals surface area (Å²) in [6, 6.07) is 10.1. The van der Waals surface area contributed by atoms with E-state index < -0.39 is 11.1 Å².